The summed E-state index contributed by atoms with van der Waals surface area (Å²) in [6.07, 6.45) is -2.39. The molecule has 5 aromatic rings. The van der Waals surface area contributed by atoms with Crippen LogP contribution in [-0.4, -0.2) is 85.5 Å². The van der Waals surface area contributed by atoms with Gasteiger partial charge in [-0.2, -0.15) is 13.2 Å². The zero-order valence-electron chi connectivity index (χ0n) is 31.0. The molecule has 1 saturated heterocycles. The van der Waals surface area contributed by atoms with Gasteiger partial charge in [-0.3, -0.25) is 9.59 Å². The van der Waals surface area contributed by atoms with Crippen molar-refractivity contribution in [2.45, 2.75) is 31.4 Å². The molecule has 2 aromatic heterocycles. The van der Waals surface area contributed by atoms with Crippen molar-refractivity contribution in [3.8, 4) is 5.75 Å². The number of methoxy groups -OCH3 is 1. The van der Waals surface area contributed by atoms with Gasteiger partial charge in [-0.1, -0.05) is 24.3 Å². The number of alkyl halides is 3. The van der Waals surface area contributed by atoms with Crippen LogP contribution in [0.1, 0.15) is 62.1 Å². The number of hydrogen-bond donors (Lipinski definition) is 2. The Labute approximate surface area is 358 Å². The number of carbonyl (C=O) groups is 4. The molecule has 294 valence electrons. The molecule has 2 aliphatic heterocycles. The third kappa shape index (κ3) is 7.69. The maximum absolute atomic E-state index is 14.5. The van der Waals surface area contributed by atoms with Gasteiger partial charge in [-0.25, -0.2) is 9.59 Å². The van der Waals surface area contributed by atoms with Crippen molar-refractivity contribution >= 4 is 63.2 Å². The maximum Gasteiger partial charge on any atom is 0.432 e. The Bertz CT molecular complexity index is 2430. The number of hydrogen-bond acceptors (Lipinski definition) is 8. The average Bonchev–Trinajstić information content (AvgIpc) is 3.84. The second-order valence-corrected chi connectivity index (χ2v) is 14.2. The molecule has 4 heterocycles. The molecule has 0 bridgehead atoms. The van der Waals surface area contributed by atoms with Crippen molar-refractivity contribution in [3.63, 3.8) is 0 Å². The number of H-pyrrole nitrogens is 1. The molecule has 1 fully saturated rings. The van der Waals surface area contributed by atoms with Gasteiger partial charge in [0.1, 0.15) is 11.3 Å². The number of aryl methyl sites for hydroxylation is 1. The molecule has 0 saturated carbocycles. The number of fused-ring (bicyclic) bond motifs is 5. The van der Waals surface area contributed by atoms with Gasteiger partial charge >= 0.3 is 18.2 Å². The molecule has 3 aromatic carbocycles. The fourth-order valence-corrected chi connectivity index (χ4v) is 7.73. The van der Waals surface area contributed by atoms with E-state index in [-0.39, 0.29) is 82.0 Å². The fraction of sp³-hybridized carbons (Fsp3) is 0.293. The van der Waals surface area contributed by atoms with E-state index in [0.717, 1.165) is 18.1 Å². The van der Waals surface area contributed by atoms with Crippen LogP contribution in [0, 0.1) is 48.7 Å². The minimum absolute atomic E-state index is 0. The molecule has 3 amide bonds. The van der Waals surface area contributed by atoms with Crippen LogP contribution in [0.5, 0.6) is 5.75 Å². The number of halogens is 3. The normalized spacial score (nSPS) is 17.0. The van der Waals surface area contributed by atoms with Crippen molar-refractivity contribution in [3.05, 3.63) is 101 Å². The summed E-state index contributed by atoms with van der Waals surface area (Å²) < 4.78 is 59.9. The van der Waals surface area contributed by atoms with Crippen molar-refractivity contribution in [1.29, 1.82) is 0 Å². The van der Waals surface area contributed by atoms with Crippen LogP contribution in [0.15, 0.2) is 64.6 Å². The largest absolute Gasteiger partial charge is 0.465 e. The van der Waals surface area contributed by atoms with Crippen LogP contribution < -0.4 is 15.0 Å². The number of aromatic amines is 1. The summed E-state index contributed by atoms with van der Waals surface area (Å²) in [6, 6.07) is 15.8. The molecule has 0 spiro atoms. The fourth-order valence-electron chi connectivity index (χ4n) is 7.73. The van der Waals surface area contributed by atoms with E-state index in [4.69, 9.17) is 13.9 Å². The number of para-hydroxylation sites is 1. The van der Waals surface area contributed by atoms with E-state index in [9.17, 15) is 32.3 Å². The molecule has 16 heteroatoms. The first kappa shape index (κ1) is 40.5. The number of nitrogens with zero attached hydrogens (tertiary/aromatic N) is 3. The predicted octanol–water partition coefficient (Wildman–Crippen LogP) is 7.40. The number of amides is 3. The number of rotatable bonds is 5. The SMILES string of the molecule is [CH2-]C1CN(C(=O)C2=Cc3cc(NC(=O)c4cc5ccccc5o4)ccc3CCC2)c2cc(OC(=O)N3CCN(C)CC3)c3[nH]c(C(F)(F)F)c(C(=O)OC)c3c21.[Ce]. The molecule has 8 rings (SSSR count). The number of aromatic nitrogens is 1. The predicted molar refractivity (Wildman–Crippen MR) is 202 cm³/mol. The average molecular weight is 909 g/mol. The van der Waals surface area contributed by atoms with Gasteiger partial charge in [0.15, 0.2) is 11.5 Å². The molecule has 0 radical (unpaired) electrons. The standard InChI is InChI=1S/C41H37F3N5O7.Ce/c1-22-21-49(38(51)25-9-6-8-23-11-12-27(18-26(23)17-25)45-37(50)31-19-24-7-4-5-10-29(24)55-31)28-20-30(56-40(53)48-15-13-47(2)14-16-48)35-33(32(22)28)34(39(52)54-3)36(46-35)41(42,43)44;/h4-5,7,10-12,17-20,22,46H,1,6,8-9,13-16,21H2,2-3H3,(H,45,50);/q-1;. The summed E-state index contributed by atoms with van der Waals surface area (Å²) in [7, 11) is 2.88. The molecular weight excluding hydrogens is 872 g/mol. The molecule has 12 nitrogen and oxygen atoms in total. The summed E-state index contributed by atoms with van der Waals surface area (Å²) in [5.74, 6) is -3.02. The minimum Gasteiger partial charge on any atom is -0.465 e. The monoisotopic (exact) mass is 908 g/mol. The molecule has 1 atom stereocenters. The first-order valence-electron chi connectivity index (χ1n) is 18.1. The number of likely N-dealkylation sites (N-methyl/N-ethyl adjacent to an activating group) is 1. The molecule has 1 unspecified atom stereocenters. The Morgan fingerprint density at radius 2 is 1.75 bits per heavy atom. The van der Waals surface area contributed by atoms with E-state index < -0.39 is 47.2 Å². The molecular formula is C41H37CeF3N5O7-. The van der Waals surface area contributed by atoms with E-state index >= 15 is 0 Å². The Balaban J connectivity index is 0.00000496. The van der Waals surface area contributed by atoms with Gasteiger partial charge < -0.3 is 45.8 Å². The number of piperazine rings is 1. The van der Waals surface area contributed by atoms with Crippen molar-refractivity contribution in [2.75, 3.05) is 57.1 Å². The number of furan rings is 1. The van der Waals surface area contributed by atoms with Crippen LogP contribution in [0.3, 0.4) is 0 Å². The Morgan fingerprint density at radius 3 is 2.47 bits per heavy atom. The van der Waals surface area contributed by atoms with Crippen LogP contribution in [0.25, 0.3) is 27.9 Å². The second-order valence-electron chi connectivity index (χ2n) is 14.2. The van der Waals surface area contributed by atoms with E-state index in [1.807, 2.05) is 36.2 Å². The summed E-state index contributed by atoms with van der Waals surface area (Å²) in [6.45, 7) is 5.97. The Hall–Kier alpha value is -4.71. The zero-order chi connectivity index (χ0) is 39.5. The van der Waals surface area contributed by atoms with Crippen molar-refractivity contribution in [1.82, 2.24) is 14.8 Å². The quantitative estimate of drug-likeness (QED) is 0.138. The van der Waals surface area contributed by atoms with E-state index in [2.05, 4.69) is 17.2 Å². The van der Waals surface area contributed by atoms with Crippen LogP contribution in [0.4, 0.5) is 29.3 Å². The van der Waals surface area contributed by atoms with Gasteiger partial charge in [-0.05, 0) is 73.3 Å². The number of ether oxygens (including phenoxy) is 2. The Morgan fingerprint density at radius 1 is 1.00 bits per heavy atom. The van der Waals surface area contributed by atoms with Crippen molar-refractivity contribution in [2.24, 2.45) is 0 Å². The van der Waals surface area contributed by atoms with Gasteiger partial charge in [0.2, 0.25) is 0 Å². The number of benzene rings is 3. The second kappa shape index (κ2) is 15.9. The smallest absolute Gasteiger partial charge is 0.432 e. The molecule has 2 N–H and O–H groups in total. The number of nitrogens with one attached hydrogen (secondary N) is 2. The van der Waals surface area contributed by atoms with E-state index in [1.165, 1.54) is 15.9 Å². The summed E-state index contributed by atoms with van der Waals surface area (Å²) >= 11 is 0. The van der Waals surface area contributed by atoms with Crippen molar-refractivity contribution < 1.29 is 88.0 Å². The topological polar surface area (TPSA) is 137 Å². The zero-order valence-corrected chi connectivity index (χ0v) is 34.2. The summed E-state index contributed by atoms with van der Waals surface area (Å²) in [4.78, 5) is 61.4. The molecule has 1 aliphatic carbocycles. The third-order valence-corrected chi connectivity index (χ3v) is 10.6. The van der Waals surface area contributed by atoms with Gasteiger partial charge in [0.25, 0.3) is 11.8 Å². The first-order chi connectivity index (χ1) is 26.8. The van der Waals surface area contributed by atoms with Gasteiger partial charge in [0, 0.05) is 108 Å². The Kier molecular flexibility index (Phi) is 11.3. The van der Waals surface area contributed by atoms with E-state index in [0.29, 0.717) is 67.8 Å². The number of esters is 1. The van der Waals surface area contributed by atoms with Crippen LogP contribution in [0.2, 0.25) is 0 Å². The van der Waals surface area contributed by atoms with Gasteiger partial charge in [0.05, 0.1) is 18.2 Å². The first-order valence-corrected chi connectivity index (χ1v) is 18.1. The number of carbonyl (C=O) groups excluding carboxylic acids is 4. The molecule has 3 aliphatic rings. The van der Waals surface area contributed by atoms with Crippen LogP contribution >= 0.6 is 0 Å². The number of anilines is 2. The third-order valence-electron chi connectivity index (χ3n) is 10.6. The molecule has 57 heavy (non-hydrogen) atoms. The van der Waals surface area contributed by atoms with Crippen LogP contribution in [-0.2, 0) is 22.1 Å². The summed E-state index contributed by atoms with van der Waals surface area (Å²) in [5.41, 5.74) is 1.15. The van der Waals surface area contributed by atoms with Gasteiger partial charge in [-0.15, -0.1) is 5.92 Å². The maximum atomic E-state index is 14.5. The summed E-state index contributed by atoms with van der Waals surface area (Å²) in [5, 5.41) is 3.48. The van der Waals surface area contributed by atoms with E-state index in [1.54, 1.807) is 30.3 Å². The minimum atomic E-state index is -5.01.